The maximum Gasteiger partial charge on any atom is 0.0945 e. The van der Waals surface area contributed by atoms with Gasteiger partial charge in [-0.2, -0.15) is 0 Å². The molecule has 100 valence electrons. The van der Waals surface area contributed by atoms with Gasteiger partial charge in [0.05, 0.1) is 6.33 Å². The fraction of sp³-hybridized carbons (Fsp3) is 0.786. The lowest BCUT2D eigenvalue weighted by atomic mass is 9.94. The maximum atomic E-state index is 4.06. The van der Waals surface area contributed by atoms with Crippen molar-refractivity contribution in [1.29, 1.82) is 0 Å². The first-order chi connectivity index (χ1) is 8.92. The van der Waals surface area contributed by atoms with E-state index in [0.29, 0.717) is 0 Å². The molecule has 2 aliphatic rings. The average molecular weight is 248 g/mol. The number of aromatic nitrogens is 2. The summed E-state index contributed by atoms with van der Waals surface area (Å²) in [5.41, 5.74) is 0. The van der Waals surface area contributed by atoms with E-state index in [0.717, 1.165) is 18.5 Å². The molecule has 4 heteroatoms. The summed E-state index contributed by atoms with van der Waals surface area (Å²) in [7, 11) is 0. The molecular formula is C14H24N4. The van der Waals surface area contributed by atoms with Crippen molar-refractivity contribution in [3.63, 3.8) is 0 Å². The van der Waals surface area contributed by atoms with Crippen LogP contribution in [0.25, 0.3) is 0 Å². The molecule has 1 N–H and O–H groups in total. The number of unbranched alkanes of at least 4 members (excludes halogenated alkanes) is 1. The van der Waals surface area contributed by atoms with Crippen LogP contribution in [0.2, 0.25) is 0 Å². The fourth-order valence-electron chi connectivity index (χ4n) is 3.35. The highest BCUT2D eigenvalue weighted by Gasteiger charge is 2.33. The van der Waals surface area contributed by atoms with Gasteiger partial charge in [-0.15, -0.1) is 0 Å². The van der Waals surface area contributed by atoms with E-state index in [1.54, 1.807) is 0 Å². The van der Waals surface area contributed by atoms with Crippen LogP contribution in [-0.2, 0) is 6.54 Å². The minimum Gasteiger partial charge on any atom is -0.337 e. The molecule has 1 aromatic heterocycles. The van der Waals surface area contributed by atoms with E-state index in [4.69, 9.17) is 0 Å². The summed E-state index contributed by atoms with van der Waals surface area (Å²) in [5.74, 6) is 0.924. The number of rotatable bonds is 6. The minimum atomic E-state index is 0.789. The second-order valence-corrected chi connectivity index (χ2v) is 5.71. The molecule has 2 fully saturated rings. The van der Waals surface area contributed by atoms with E-state index >= 15 is 0 Å². The lowest BCUT2D eigenvalue weighted by Gasteiger charge is -2.31. The normalized spacial score (nSPS) is 30.8. The van der Waals surface area contributed by atoms with Crippen LogP contribution in [0.3, 0.4) is 0 Å². The number of hydrogen-bond donors (Lipinski definition) is 1. The Labute approximate surface area is 109 Å². The number of aryl methyl sites for hydroxylation is 1. The van der Waals surface area contributed by atoms with Gasteiger partial charge in [-0.25, -0.2) is 4.98 Å². The van der Waals surface area contributed by atoms with Crippen molar-refractivity contribution in [3.05, 3.63) is 18.7 Å². The molecular weight excluding hydrogens is 224 g/mol. The molecule has 0 saturated carbocycles. The van der Waals surface area contributed by atoms with Crippen LogP contribution in [-0.4, -0.2) is 46.7 Å². The van der Waals surface area contributed by atoms with Gasteiger partial charge in [0.2, 0.25) is 0 Å². The summed E-state index contributed by atoms with van der Waals surface area (Å²) in [6.45, 7) is 6.26. The molecule has 0 aliphatic carbocycles. The Morgan fingerprint density at radius 1 is 1.22 bits per heavy atom. The van der Waals surface area contributed by atoms with Gasteiger partial charge in [0, 0.05) is 31.5 Å². The SMILES string of the molecule is c1cn(CCCCNC2CCN3CCC2C3)cn1. The second kappa shape index (κ2) is 5.85. The Hall–Kier alpha value is -0.870. The van der Waals surface area contributed by atoms with Crippen LogP contribution in [0.15, 0.2) is 18.7 Å². The van der Waals surface area contributed by atoms with Gasteiger partial charge in [-0.05, 0) is 51.2 Å². The molecule has 0 radical (unpaired) electrons. The Morgan fingerprint density at radius 2 is 2.17 bits per heavy atom. The smallest absolute Gasteiger partial charge is 0.0945 e. The number of nitrogens with one attached hydrogen (secondary N) is 1. The first kappa shape index (κ1) is 12.2. The van der Waals surface area contributed by atoms with Crippen LogP contribution in [0, 0.1) is 5.92 Å². The van der Waals surface area contributed by atoms with Crippen LogP contribution in [0.4, 0.5) is 0 Å². The van der Waals surface area contributed by atoms with Crippen molar-refractivity contribution in [2.24, 2.45) is 5.92 Å². The molecule has 2 aliphatic heterocycles. The molecule has 2 bridgehead atoms. The number of nitrogens with zero attached hydrogens (tertiary/aromatic N) is 3. The zero-order valence-corrected chi connectivity index (χ0v) is 11.1. The van der Waals surface area contributed by atoms with Crippen LogP contribution >= 0.6 is 0 Å². The van der Waals surface area contributed by atoms with Gasteiger partial charge in [0.15, 0.2) is 0 Å². The van der Waals surface area contributed by atoms with Gasteiger partial charge < -0.3 is 14.8 Å². The first-order valence-electron chi connectivity index (χ1n) is 7.33. The second-order valence-electron chi connectivity index (χ2n) is 5.71. The van der Waals surface area contributed by atoms with Gasteiger partial charge in [-0.1, -0.05) is 0 Å². The fourth-order valence-corrected chi connectivity index (χ4v) is 3.35. The van der Waals surface area contributed by atoms with E-state index in [2.05, 4.69) is 19.8 Å². The molecule has 18 heavy (non-hydrogen) atoms. The van der Waals surface area contributed by atoms with Crippen molar-refractivity contribution < 1.29 is 0 Å². The Kier molecular flexibility index (Phi) is 3.96. The number of fused-ring (bicyclic) bond motifs is 2. The van der Waals surface area contributed by atoms with E-state index in [9.17, 15) is 0 Å². The Morgan fingerprint density at radius 3 is 3.06 bits per heavy atom. The zero-order valence-electron chi connectivity index (χ0n) is 11.1. The largest absolute Gasteiger partial charge is 0.337 e. The lowest BCUT2D eigenvalue weighted by Crippen LogP contribution is -2.44. The molecule has 1 aromatic rings. The summed E-state index contributed by atoms with van der Waals surface area (Å²) >= 11 is 0. The average Bonchev–Trinajstić information content (AvgIpc) is 3.02. The topological polar surface area (TPSA) is 33.1 Å². The molecule has 3 rings (SSSR count). The quantitative estimate of drug-likeness (QED) is 0.771. The highest BCUT2D eigenvalue weighted by atomic mass is 15.2. The van der Waals surface area contributed by atoms with Crippen LogP contribution in [0.1, 0.15) is 25.7 Å². The van der Waals surface area contributed by atoms with E-state index in [1.165, 1.54) is 51.9 Å². The predicted molar refractivity (Wildman–Crippen MR) is 72.4 cm³/mol. The summed E-state index contributed by atoms with van der Waals surface area (Å²) in [6, 6.07) is 0.789. The lowest BCUT2D eigenvalue weighted by molar-refractivity contribution is 0.221. The summed E-state index contributed by atoms with van der Waals surface area (Å²) in [6.07, 6.45) is 11.1. The standard InChI is InChI=1S/C14H24N4/c1(2-7-18-10-6-15-12-18)5-16-14-4-9-17-8-3-13(14)11-17/h6,10,12-14,16H,1-5,7-9,11H2. The summed E-state index contributed by atoms with van der Waals surface area (Å²) in [4.78, 5) is 6.68. The highest BCUT2D eigenvalue weighted by Crippen LogP contribution is 2.26. The molecule has 3 atom stereocenters. The van der Waals surface area contributed by atoms with Crippen molar-refractivity contribution in [2.45, 2.75) is 38.3 Å². The van der Waals surface area contributed by atoms with Gasteiger partial charge >= 0.3 is 0 Å². The van der Waals surface area contributed by atoms with Gasteiger partial charge in [0.25, 0.3) is 0 Å². The molecule has 0 aromatic carbocycles. The van der Waals surface area contributed by atoms with Crippen molar-refractivity contribution >= 4 is 0 Å². The van der Waals surface area contributed by atoms with E-state index in [-0.39, 0.29) is 0 Å². The molecule has 3 unspecified atom stereocenters. The highest BCUT2D eigenvalue weighted by molar-refractivity contribution is 4.90. The first-order valence-corrected chi connectivity index (χ1v) is 7.33. The number of piperidine rings is 1. The van der Waals surface area contributed by atoms with Crippen LogP contribution in [0.5, 0.6) is 0 Å². The third-order valence-corrected chi connectivity index (χ3v) is 4.44. The molecule has 4 nitrogen and oxygen atoms in total. The molecule has 3 heterocycles. The number of hydrogen-bond acceptors (Lipinski definition) is 3. The zero-order chi connectivity index (χ0) is 12.2. The minimum absolute atomic E-state index is 0.789. The van der Waals surface area contributed by atoms with Crippen molar-refractivity contribution in [2.75, 3.05) is 26.2 Å². The van der Waals surface area contributed by atoms with Crippen molar-refractivity contribution in [1.82, 2.24) is 19.8 Å². The summed E-state index contributed by atoms with van der Waals surface area (Å²) < 4.78 is 2.16. The van der Waals surface area contributed by atoms with E-state index in [1.807, 2.05) is 18.7 Å². The monoisotopic (exact) mass is 248 g/mol. The third-order valence-electron chi connectivity index (χ3n) is 4.44. The third kappa shape index (κ3) is 2.93. The van der Waals surface area contributed by atoms with E-state index < -0.39 is 0 Å². The molecule has 0 amide bonds. The van der Waals surface area contributed by atoms with Crippen LogP contribution < -0.4 is 5.32 Å². The maximum absolute atomic E-state index is 4.06. The Bertz CT molecular complexity index is 349. The van der Waals surface area contributed by atoms with Gasteiger partial charge in [0.1, 0.15) is 0 Å². The predicted octanol–water partition coefficient (Wildman–Crippen LogP) is 1.35. The number of imidazole rings is 1. The van der Waals surface area contributed by atoms with Gasteiger partial charge in [-0.3, -0.25) is 0 Å². The van der Waals surface area contributed by atoms with Crippen molar-refractivity contribution in [3.8, 4) is 0 Å². The molecule has 2 saturated heterocycles. The molecule has 0 spiro atoms. The Balaban J connectivity index is 1.30. The summed E-state index contributed by atoms with van der Waals surface area (Å²) in [5, 5.41) is 3.78.